The number of nitrogens with zero attached hydrogens (tertiary/aromatic N) is 1. The molecule has 2 atom stereocenters. The largest absolute Gasteiger partial charge is 0.490 e. The topological polar surface area (TPSA) is 192 Å². The van der Waals surface area contributed by atoms with Crippen molar-refractivity contribution < 1.29 is 69.3 Å². The molecule has 3 aromatic rings. The molecule has 2 heterocycles. The number of piperidine rings is 1. The molecule has 1 aromatic heterocycles. The fraction of sp³-hybridized carbons (Fsp3) is 0.357. The monoisotopic (exact) mass is 697 g/mol. The van der Waals surface area contributed by atoms with Gasteiger partial charge in [-0.25, -0.2) is 23.5 Å². The molecule has 1 saturated heterocycles. The molecule has 47 heavy (non-hydrogen) atoms. The van der Waals surface area contributed by atoms with Crippen molar-refractivity contribution in [1.82, 2.24) is 15.8 Å². The number of hydrogen-bond donors (Lipinski definition) is 5. The maximum absolute atomic E-state index is 12.9. The number of para-hydroxylation sites is 1. The van der Waals surface area contributed by atoms with Gasteiger partial charge in [0.15, 0.2) is 9.84 Å². The van der Waals surface area contributed by atoms with Crippen LogP contribution in [0, 0.1) is 12.8 Å². The fourth-order valence-electron chi connectivity index (χ4n) is 4.28. The molecule has 0 radical (unpaired) electrons. The number of carboxylic acid groups (broad SMARTS) is 2. The third-order valence-electron chi connectivity index (χ3n) is 6.42. The molecule has 4 rings (SSSR count). The molecule has 12 nitrogen and oxygen atoms in total. The van der Waals surface area contributed by atoms with Crippen molar-refractivity contribution in [2.24, 2.45) is 5.92 Å². The molecule has 1 aliphatic rings. The van der Waals surface area contributed by atoms with Crippen molar-refractivity contribution in [1.29, 1.82) is 0 Å². The van der Waals surface area contributed by atoms with Crippen LogP contribution in [0.15, 0.2) is 59.5 Å². The van der Waals surface area contributed by atoms with Crippen LogP contribution in [0.25, 0.3) is 10.9 Å². The smallest absolute Gasteiger partial charge is 0.489 e. The lowest BCUT2D eigenvalue weighted by Gasteiger charge is -2.30. The van der Waals surface area contributed by atoms with Crippen molar-refractivity contribution >= 4 is 38.6 Å². The first-order chi connectivity index (χ1) is 21.8. The summed E-state index contributed by atoms with van der Waals surface area (Å²) >= 11 is 0. The average Bonchev–Trinajstić information content (AvgIpc) is 2.99. The summed E-state index contributed by atoms with van der Waals surface area (Å²) in [4.78, 5) is 34.4. The highest BCUT2D eigenvalue weighted by molar-refractivity contribution is 7.91. The van der Waals surface area contributed by atoms with E-state index in [4.69, 9.17) is 29.7 Å². The van der Waals surface area contributed by atoms with Crippen LogP contribution in [0.1, 0.15) is 24.1 Å². The highest BCUT2D eigenvalue weighted by Gasteiger charge is 2.39. The molecule has 1 amide bonds. The second kappa shape index (κ2) is 16.4. The Balaban J connectivity index is 0.000000459. The van der Waals surface area contributed by atoms with Crippen LogP contribution in [0.4, 0.5) is 26.3 Å². The number of fused-ring (bicyclic) bond motifs is 1. The number of carboxylic acids is 2. The Morgan fingerprint density at radius 3 is 2.06 bits per heavy atom. The van der Waals surface area contributed by atoms with Gasteiger partial charge in [0, 0.05) is 22.7 Å². The second-order valence-corrected chi connectivity index (χ2v) is 11.9. The predicted octanol–water partition coefficient (Wildman–Crippen LogP) is 4.04. The Hall–Kier alpha value is -4.49. The zero-order valence-electron chi connectivity index (χ0n) is 24.3. The van der Waals surface area contributed by atoms with E-state index >= 15 is 0 Å². The predicted molar refractivity (Wildman–Crippen MR) is 151 cm³/mol. The van der Waals surface area contributed by atoms with Gasteiger partial charge in [-0.05, 0) is 62.7 Å². The van der Waals surface area contributed by atoms with E-state index in [0.717, 1.165) is 28.6 Å². The quantitative estimate of drug-likeness (QED) is 0.136. The number of pyridine rings is 1. The third kappa shape index (κ3) is 12.0. The molecule has 258 valence electrons. The van der Waals surface area contributed by atoms with Crippen molar-refractivity contribution in [2.45, 2.75) is 49.7 Å². The van der Waals surface area contributed by atoms with Gasteiger partial charge in [0.25, 0.3) is 0 Å². The Morgan fingerprint density at radius 1 is 0.979 bits per heavy atom. The standard InChI is InChI=1S/C24H27N3O5S.2C2HF3O2/c1-16-13-17(20-5-2-3-7-22(20)26-16)14-32-18-8-10-19(11-9-18)33(30,31)15-23-21(24(28)27-29)6-4-12-25-23;2*3-2(4,5)1(6)7/h2-3,5,7-11,13,21,23,25,29H,4,6,12,14-15H2,1H3,(H,27,28);2*(H,6,7)/t21-,23-;;/m0../s1. The Labute approximate surface area is 263 Å². The summed E-state index contributed by atoms with van der Waals surface area (Å²) in [6.07, 6.45) is -8.90. The van der Waals surface area contributed by atoms with E-state index in [1.54, 1.807) is 17.6 Å². The van der Waals surface area contributed by atoms with Crippen LogP contribution in [0.2, 0.25) is 0 Å². The molecule has 1 aliphatic heterocycles. The maximum Gasteiger partial charge on any atom is 0.490 e. The molecule has 5 N–H and O–H groups in total. The maximum atomic E-state index is 12.9. The first-order valence-electron chi connectivity index (χ1n) is 13.3. The minimum atomic E-state index is -5.08. The van der Waals surface area contributed by atoms with Gasteiger partial charge in [0.1, 0.15) is 12.4 Å². The summed E-state index contributed by atoms with van der Waals surface area (Å²) in [7, 11) is -3.64. The highest BCUT2D eigenvalue weighted by Crippen LogP contribution is 2.25. The lowest BCUT2D eigenvalue weighted by atomic mass is 9.91. The van der Waals surface area contributed by atoms with Crippen LogP contribution >= 0.6 is 0 Å². The molecule has 0 unspecified atom stereocenters. The Kier molecular flexibility index (Phi) is 13.5. The zero-order chi connectivity index (χ0) is 35.6. The lowest BCUT2D eigenvalue weighted by molar-refractivity contribution is -0.193. The number of benzene rings is 2. The molecule has 2 aromatic carbocycles. The highest BCUT2D eigenvalue weighted by atomic mass is 32.2. The number of aryl methyl sites for hydroxylation is 1. The molecule has 0 saturated carbocycles. The Morgan fingerprint density at radius 2 is 1.53 bits per heavy atom. The molecule has 1 fully saturated rings. The van der Waals surface area contributed by atoms with Crippen molar-refractivity contribution in [3.05, 3.63) is 65.9 Å². The van der Waals surface area contributed by atoms with Gasteiger partial charge in [0.2, 0.25) is 5.91 Å². The van der Waals surface area contributed by atoms with E-state index < -0.39 is 52.0 Å². The molecule has 0 spiro atoms. The zero-order valence-corrected chi connectivity index (χ0v) is 25.1. The summed E-state index contributed by atoms with van der Waals surface area (Å²) in [5.74, 6) is -6.35. The number of carbonyl (C=O) groups excluding carboxylic acids is 1. The lowest BCUT2D eigenvalue weighted by Crippen LogP contribution is -2.51. The summed E-state index contributed by atoms with van der Waals surface area (Å²) in [5, 5.41) is 27.3. The average molecular weight is 698 g/mol. The number of aromatic nitrogens is 1. The van der Waals surface area contributed by atoms with Crippen molar-refractivity contribution in [3.63, 3.8) is 0 Å². The van der Waals surface area contributed by atoms with E-state index in [-0.39, 0.29) is 10.6 Å². The summed E-state index contributed by atoms with van der Waals surface area (Å²) in [5.41, 5.74) is 4.46. The number of alkyl halides is 6. The van der Waals surface area contributed by atoms with E-state index in [1.807, 2.05) is 37.3 Å². The number of hydrogen-bond acceptors (Lipinski definition) is 9. The van der Waals surface area contributed by atoms with Gasteiger partial charge in [-0.2, -0.15) is 26.3 Å². The van der Waals surface area contributed by atoms with Gasteiger partial charge < -0.3 is 20.3 Å². The van der Waals surface area contributed by atoms with Gasteiger partial charge in [-0.1, -0.05) is 18.2 Å². The number of hydroxylamine groups is 1. The third-order valence-corrected chi connectivity index (χ3v) is 8.21. The van der Waals surface area contributed by atoms with E-state index in [2.05, 4.69) is 10.3 Å². The Bertz CT molecular complexity index is 1630. The number of rotatable bonds is 7. The van der Waals surface area contributed by atoms with E-state index in [9.17, 15) is 39.6 Å². The van der Waals surface area contributed by atoms with Crippen LogP contribution in [-0.2, 0) is 30.8 Å². The molecular formula is C28H29F6N3O9S. The summed E-state index contributed by atoms with van der Waals surface area (Å²) < 4.78 is 95.3. The number of nitrogens with one attached hydrogen (secondary N) is 2. The molecular weight excluding hydrogens is 668 g/mol. The number of amides is 1. The normalized spacial score (nSPS) is 16.5. The van der Waals surface area contributed by atoms with Crippen LogP contribution in [-0.4, -0.2) is 77.4 Å². The van der Waals surface area contributed by atoms with Crippen molar-refractivity contribution in [3.8, 4) is 5.75 Å². The minimum Gasteiger partial charge on any atom is -0.489 e. The minimum absolute atomic E-state index is 0.163. The summed E-state index contributed by atoms with van der Waals surface area (Å²) in [6.45, 7) is 2.90. The van der Waals surface area contributed by atoms with Crippen LogP contribution in [0.5, 0.6) is 5.75 Å². The first kappa shape index (κ1) is 38.7. The molecule has 0 aliphatic carbocycles. The van der Waals surface area contributed by atoms with Crippen LogP contribution < -0.4 is 15.5 Å². The summed E-state index contributed by atoms with van der Waals surface area (Å²) in [6, 6.07) is 15.6. The number of sulfone groups is 1. The van der Waals surface area contributed by atoms with Crippen molar-refractivity contribution in [2.75, 3.05) is 12.3 Å². The van der Waals surface area contributed by atoms with Crippen LogP contribution in [0.3, 0.4) is 0 Å². The van der Waals surface area contributed by atoms with E-state index in [0.29, 0.717) is 25.3 Å². The fourth-order valence-corrected chi connectivity index (χ4v) is 5.84. The van der Waals surface area contributed by atoms with Gasteiger partial charge in [-0.3, -0.25) is 15.0 Å². The number of halogens is 6. The first-order valence-corrected chi connectivity index (χ1v) is 15.0. The van der Waals surface area contributed by atoms with Gasteiger partial charge >= 0.3 is 24.3 Å². The number of aliphatic carboxylic acids is 2. The molecule has 19 heteroatoms. The number of carbonyl (C=O) groups is 3. The SMILES string of the molecule is Cc1cc(COc2ccc(S(=O)(=O)C[C@@H]3NCCC[C@@H]3C(=O)NO)cc2)c2ccccc2n1.O=C(O)C(F)(F)F.O=C(O)C(F)(F)F. The second-order valence-electron chi connectivity index (χ2n) is 9.87. The van der Waals surface area contributed by atoms with E-state index in [1.165, 1.54) is 12.1 Å². The van der Waals surface area contributed by atoms with Gasteiger partial charge in [-0.15, -0.1) is 0 Å². The molecule has 0 bridgehead atoms. The number of ether oxygens (including phenoxy) is 1. The van der Waals surface area contributed by atoms with Gasteiger partial charge in [0.05, 0.1) is 22.1 Å².